The average Bonchev–Trinajstić information content (AvgIpc) is 2.37. The third-order valence-corrected chi connectivity index (χ3v) is 3.19. The van der Waals surface area contributed by atoms with Gasteiger partial charge in [-0.15, -0.1) is 0 Å². The molecule has 0 aliphatic rings. The van der Waals surface area contributed by atoms with E-state index in [1.54, 1.807) is 12.1 Å². The summed E-state index contributed by atoms with van der Waals surface area (Å²) in [5.41, 5.74) is 0.972. The van der Waals surface area contributed by atoms with Gasteiger partial charge in [0.2, 0.25) is 5.91 Å². The quantitative estimate of drug-likeness (QED) is 0.747. The maximum atomic E-state index is 11.4. The number of halogens is 1. The Balaban J connectivity index is 2.37. The number of benzene rings is 1. The second-order valence-electron chi connectivity index (χ2n) is 4.32. The summed E-state index contributed by atoms with van der Waals surface area (Å²) < 4.78 is 25.9. The van der Waals surface area contributed by atoms with Crippen LogP contribution in [0.15, 0.2) is 24.3 Å². The second-order valence-corrected chi connectivity index (χ2v) is 6.41. The van der Waals surface area contributed by atoms with Crippen LogP contribution in [0, 0.1) is 0 Å². The lowest BCUT2D eigenvalue weighted by atomic mass is 10.1. The van der Waals surface area contributed by atoms with Crippen molar-refractivity contribution in [3.05, 3.63) is 29.8 Å². The van der Waals surface area contributed by atoms with Crippen LogP contribution < -0.4 is 9.50 Å². The molecule has 0 aliphatic carbocycles. The SMILES string of the molecule is CCCCC(=O)NCCc1ccc(OS(=O)(=O)Cl)cc1. The highest BCUT2D eigenvalue weighted by Crippen LogP contribution is 2.16. The summed E-state index contributed by atoms with van der Waals surface area (Å²) in [5, 5.41) is 2.83. The van der Waals surface area contributed by atoms with Gasteiger partial charge in [0.25, 0.3) is 0 Å². The Morgan fingerprint density at radius 2 is 1.95 bits per heavy atom. The number of carbonyl (C=O) groups excluding carboxylic acids is 1. The maximum absolute atomic E-state index is 11.4. The van der Waals surface area contributed by atoms with E-state index >= 15 is 0 Å². The Kier molecular flexibility index (Phi) is 6.81. The minimum absolute atomic E-state index is 0.0556. The molecule has 1 aromatic rings. The van der Waals surface area contributed by atoms with Crippen LogP contribution in [0.2, 0.25) is 0 Å². The van der Waals surface area contributed by atoms with Crippen molar-refractivity contribution in [2.24, 2.45) is 0 Å². The molecule has 112 valence electrons. The molecule has 0 spiro atoms. The lowest BCUT2D eigenvalue weighted by Gasteiger charge is -2.06. The van der Waals surface area contributed by atoms with Crippen molar-refractivity contribution in [1.82, 2.24) is 5.32 Å². The molecule has 0 saturated carbocycles. The number of nitrogens with one attached hydrogen (secondary N) is 1. The van der Waals surface area contributed by atoms with Crippen molar-refractivity contribution in [3.63, 3.8) is 0 Å². The minimum atomic E-state index is -4.01. The molecule has 1 aromatic carbocycles. The summed E-state index contributed by atoms with van der Waals surface area (Å²) >= 11 is 0. The molecule has 0 saturated heterocycles. The van der Waals surface area contributed by atoms with Crippen LogP contribution in [0.3, 0.4) is 0 Å². The number of hydrogen-bond donors (Lipinski definition) is 1. The fraction of sp³-hybridized carbons (Fsp3) is 0.462. The zero-order valence-corrected chi connectivity index (χ0v) is 12.8. The van der Waals surface area contributed by atoms with Gasteiger partial charge in [0.15, 0.2) is 0 Å². The van der Waals surface area contributed by atoms with E-state index in [-0.39, 0.29) is 11.7 Å². The van der Waals surface area contributed by atoms with Gasteiger partial charge in [-0.1, -0.05) is 25.5 Å². The molecule has 7 heteroatoms. The molecule has 0 fully saturated rings. The molecule has 0 bridgehead atoms. The number of amides is 1. The molecule has 5 nitrogen and oxygen atoms in total. The van der Waals surface area contributed by atoms with Gasteiger partial charge in [0, 0.05) is 13.0 Å². The first-order valence-electron chi connectivity index (χ1n) is 6.40. The number of rotatable bonds is 8. The first-order chi connectivity index (χ1) is 9.40. The van der Waals surface area contributed by atoms with E-state index in [0.717, 1.165) is 18.4 Å². The van der Waals surface area contributed by atoms with Gasteiger partial charge in [-0.25, -0.2) is 0 Å². The van der Waals surface area contributed by atoms with E-state index < -0.39 is 9.33 Å². The first-order valence-corrected chi connectivity index (χ1v) is 8.64. The molecule has 1 N–H and O–H groups in total. The Morgan fingerprint density at radius 3 is 2.50 bits per heavy atom. The minimum Gasteiger partial charge on any atom is -0.371 e. The molecular formula is C13H18ClNO4S. The van der Waals surface area contributed by atoms with Crippen LogP contribution in [0.5, 0.6) is 5.75 Å². The standard InChI is InChI=1S/C13H18ClNO4S/c1-2-3-4-13(16)15-10-9-11-5-7-12(8-6-11)19-20(14,17)18/h5-8H,2-4,9-10H2,1H3,(H,15,16). The average molecular weight is 320 g/mol. The predicted molar refractivity (Wildman–Crippen MR) is 78.1 cm³/mol. The molecule has 1 rings (SSSR count). The molecule has 0 unspecified atom stereocenters. The van der Waals surface area contributed by atoms with E-state index in [2.05, 4.69) is 9.50 Å². The highest BCUT2D eigenvalue weighted by Gasteiger charge is 2.06. The van der Waals surface area contributed by atoms with Crippen LogP contribution >= 0.6 is 10.7 Å². The predicted octanol–water partition coefficient (Wildman–Crippen LogP) is 2.40. The van der Waals surface area contributed by atoms with Crippen LogP contribution in [0.1, 0.15) is 31.7 Å². The Labute approximate surface area is 123 Å². The summed E-state index contributed by atoms with van der Waals surface area (Å²) in [5.74, 6) is 0.218. The third kappa shape index (κ3) is 7.35. The fourth-order valence-corrected chi connectivity index (χ4v) is 2.16. The Morgan fingerprint density at radius 1 is 1.30 bits per heavy atom. The van der Waals surface area contributed by atoms with Crippen molar-refractivity contribution in [2.75, 3.05) is 6.54 Å². The van der Waals surface area contributed by atoms with E-state index in [1.165, 1.54) is 12.1 Å². The number of hydrogen-bond acceptors (Lipinski definition) is 4. The van der Waals surface area contributed by atoms with Gasteiger partial charge in [-0.2, -0.15) is 8.42 Å². The zero-order valence-electron chi connectivity index (χ0n) is 11.3. The zero-order chi connectivity index (χ0) is 15.0. The maximum Gasteiger partial charge on any atom is 0.401 e. The highest BCUT2D eigenvalue weighted by molar-refractivity contribution is 8.10. The van der Waals surface area contributed by atoms with Gasteiger partial charge in [-0.05, 0) is 30.5 Å². The number of unbranched alkanes of at least 4 members (excludes halogenated alkanes) is 1. The van der Waals surface area contributed by atoms with Gasteiger partial charge in [0.1, 0.15) is 5.75 Å². The molecule has 0 atom stereocenters. The molecule has 1 amide bonds. The molecule has 20 heavy (non-hydrogen) atoms. The van der Waals surface area contributed by atoms with Crippen molar-refractivity contribution in [1.29, 1.82) is 0 Å². The van der Waals surface area contributed by atoms with Gasteiger partial charge >= 0.3 is 9.33 Å². The van der Waals surface area contributed by atoms with E-state index in [4.69, 9.17) is 10.7 Å². The molecule has 0 aliphatic heterocycles. The monoisotopic (exact) mass is 319 g/mol. The summed E-state index contributed by atoms with van der Waals surface area (Å²) in [4.78, 5) is 11.4. The molecular weight excluding hydrogens is 302 g/mol. The third-order valence-electron chi connectivity index (χ3n) is 2.61. The van der Waals surface area contributed by atoms with E-state index in [9.17, 15) is 13.2 Å². The van der Waals surface area contributed by atoms with Gasteiger partial charge in [-0.3, -0.25) is 4.79 Å². The van der Waals surface area contributed by atoms with Crippen LogP contribution in [0.4, 0.5) is 0 Å². The first kappa shape index (κ1) is 16.8. The van der Waals surface area contributed by atoms with E-state index in [1.807, 2.05) is 6.92 Å². The highest BCUT2D eigenvalue weighted by atomic mass is 35.7. The summed E-state index contributed by atoms with van der Waals surface area (Å²) in [6, 6.07) is 6.51. The van der Waals surface area contributed by atoms with Gasteiger partial charge in [0.05, 0.1) is 10.7 Å². The van der Waals surface area contributed by atoms with Crippen LogP contribution in [-0.4, -0.2) is 20.9 Å². The van der Waals surface area contributed by atoms with Crippen molar-refractivity contribution < 1.29 is 17.4 Å². The van der Waals surface area contributed by atoms with Crippen LogP contribution in [-0.2, 0) is 20.5 Å². The van der Waals surface area contributed by atoms with Gasteiger partial charge < -0.3 is 9.50 Å². The molecule has 0 heterocycles. The van der Waals surface area contributed by atoms with Crippen molar-refractivity contribution in [2.45, 2.75) is 32.6 Å². The fourth-order valence-electron chi connectivity index (χ4n) is 1.60. The Bertz CT molecular complexity index is 528. The summed E-state index contributed by atoms with van der Waals surface area (Å²) in [6.45, 7) is 2.59. The van der Waals surface area contributed by atoms with E-state index in [0.29, 0.717) is 19.4 Å². The lowest BCUT2D eigenvalue weighted by Crippen LogP contribution is -2.25. The van der Waals surface area contributed by atoms with Crippen molar-refractivity contribution >= 4 is 25.9 Å². The van der Waals surface area contributed by atoms with Crippen molar-refractivity contribution in [3.8, 4) is 5.75 Å². The topological polar surface area (TPSA) is 72.5 Å². The number of carbonyl (C=O) groups is 1. The smallest absolute Gasteiger partial charge is 0.371 e. The van der Waals surface area contributed by atoms with Crippen LogP contribution in [0.25, 0.3) is 0 Å². The molecule has 0 radical (unpaired) electrons. The largest absolute Gasteiger partial charge is 0.401 e. The Hall–Kier alpha value is -1.27. The normalized spacial score (nSPS) is 11.1. The summed E-state index contributed by atoms with van der Waals surface area (Å²) in [6.07, 6.45) is 3.12. The summed E-state index contributed by atoms with van der Waals surface area (Å²) in [7, 11) is 0.958. The lowest BCUT2D eigenvalue weighted by molar-refractivity contribution is -0.121. The molecule has 0 aromatic heterocycles. The second kappa shape index (κ2) is 8.11.